The normalized spacial score (nSPS) is 26.1. The summed E-state index contributed by atoms with van der Waals surface area (Å²) in [6, 6.07) is 1.39. The Balaban J connectivity index is 1.71. The fourth-order valence-electron chi connectivity index (χ4n) is 3.38. The lowest BCUT2D eigenvalue weighted by atomic mass is 10.0. The number of aliphatic hydroxyl groups is 1. The number of aliphatic hydroxyl groups excluding tert-OH is 1. The third-order valence-corrected chi connectivity index (χ3v) is 8.51. The number of fused-ring (bicyclic) bond motifs is 1. The minimum atomic E-state index is -5.62. The molecule has 0 spiro atoms. The van der Waals surface area contributed by atoms with Crippen molar-refractivity contribution in [2.75, 3.05) is 6.61 Å². The summed E-state index contributed by atoms with van der Waals surface area (Å²) in [6.45, 7) is 5.11. The Kier molecular flexibility index (Phi) is 6.75. The van der Waals surface area contributed by atoms with Crippen LogP contribution in [0.4, 0.5) is 0 Å². The second-order valence-electron chi connectivity index (χ2n) is 6.81. The van der Waals surface area contributed by atoms with E-state index in [0.29, 0.717) is 11.2 Å². The summed E-state index contributed by atoms with van der Waals surface area (Å²) >= 11 is 0. The molecule has 1 fully saturated rings. The van der Waals surface area contributed by atoms with E-state index >= 15 is 0 Å². The van der Waals surface area contributed by atoms with Crippen LogP contribution in [0.5, 0.6) is 0 Å². The average Bonchev–Trinajstić information content (AvgIpc) is 3.12. The van der Waals surface area contributed by atoms with E-state index < -0.39 is 48.1 Å². The van der Waals surface area contributed by atoms with Gasteiger partial charge in [-0.25, -0.2) is 23.7 Å². The number of hydrogen-bond donors (Lipinski definition) is 5. The number of phosphoric acid groups is 3. The summed E-state index contributed by atoms with van der Waals surface area (Å²) in [5, 5.41) is 11.2. The van der Waals surface area contributed by atoms with Crippen LogP contribution in [0.1, 0.15) is 18.2 Å². The maximum Gasteiger partial charge on any atom is 0.490 e. The number of nitrogens with zero attached hydrogens (tertiary/aromatic N) is 3. The average molecular weight is 499 g/mol. The molecule has 1 saturated carbocycles. The summed E-state index contributed by atoms with van der Waals surface area (Å²) < 4.78 is 47.7. The largest absolute Gasteiger partial charge is 0.490 e. The number of phosphoric ester groups is 1. The van der Waals surface area contributed by atoms with Crippen molar-refractivity contribution in [2.45, 2.75) is 25.5 Å². The standard InChI is InChI=1S/C14H20N3O11P3/c1-8-11(6-26-30(22,23)28-31(24,25)27-29(19,20)21)13(18)5-12(8)17-4-3-10-9(2)15-7-16-14(10)17/h3-4,7,11-13,18H,1,5-6H2,2H3,(H,22,23)(H,24,25)(H2,19,20,21)/t11-,12-,13-/m0/s1. The van der Waals surface area contributed by atoms with Crippen molar-refractivity contribution in [1.82, 2.24) is 14.5 Å². The first kappa shape index (κ1) is 24.4. The van der Waals surface area contributed by atoms with Crippen molar-refractivity contribution in [3.63, 3.8) is 0 Å². The van der Waals surface area contributed by atoms with Gasteiger partial charge in [-0.2, -0.15) is 8.62 Å². The van der Waals surface area contributed by atoms with E-state index in [9.17, 15) is 28.6 Å². The van der Waals surface area contributed by atoms with Crippen LogP contribution in [0, 0.1) is 12.8 Å². The molecular formula is C14H20N3O11P3. The second-order valence-corrected chi connectivity index (χ2v) is 11.2. The molecular weight excluding hydrogens is 479 g/mol. The Morgan fingerprint density at radius 1 is 1.16 bits per heavy atom. The van der Waals surface area contributed by atoms with Gasteiger partial charge in [0.15, 0.2) is 0 Å². The van der Waals surface area contributed by atoms with Gasteiger partial charge >= 0.3 is 23.5 Å². The molecule has 0 saturated heterocycles. The van der Waals surface area contributed by atoms with E-state index in [1.54, 1.807) is 10.8 Å². The van der Waals surface area contributed by atoms with Crippen molar-refractivity contribution >= 4 is 34.5 Å². The summed E-state index contributed by atoms with van der Waals surface area (Å²) in [5.41, 5.74) is 1.82. The first-order chi connectivity index (χ1) is 14.2. The van der Waals surface area contributed by atoms with E-state index in [-0.39, 0.29) is 6.42 Å². The number of hydrogen-bond acceptors (Lipinski definition) is 9. The van der Waals surface area contributed by atoms with Gasteiger partial charge in [0.2, 0.25) is 0 Å². The Hall–Kier alpha value is -1.27. The second kappa shape index (κ2) is 8.58. The van der Waals surface area contributed by atoms with Crippen LogP contribution in [-0.2, 0) is 26.8 Å². The van der Waals surface area contributed by atoms with E-state index in [4.69, 9.17) is 9.79 Å². The van der Waals surface area contributed by atoms with Gasteiger partial charge in [-0.15, -0.1) is 0 Å². The third kappa shape index (κ3) is 5.75. The molecule has 5 N–H and O–H groups in total. The molecule has 2 aromatic rings. The molecule has 172 valence electrons. The van der Waals surface area contributed by atoms with Gasteiger partial charge < -0.3 is 29.2 Å². The Labute approximate surface area is 175 Å². The topological polar surface area (TPSA) is 211 Å². The zero-order chi connectivity index (χ0) is 23.2. The minimum Gasteiger partial charge on any atom is -0.392 e. The number of aromatic nitrogens is 3. The highest BCUT2D eigenvalue weighted by atomic mass is 31.3. The zero-order valence-corrected chi connectivity index (χ0v) is 18.6. The molecule has 0 amide bonds. The molecule has 0 aromatic carbocycles. The summed E-state index contributed by atoms with van der Waals surface area (Å²) in [6.07, 6.45) is 2.30. The molecule has 5 atom stereocenters. The maximum atomic E-state index is 11.9. The van der Waals surface area contributed by atoms with Crippen LogP contribution in [0.25, 0.3) is 11.0 Å². The fourth-order valence-corrected chi connectivity index (χ4v) is 6.42. The van der Waals surface area contributed by atoms with Gasteiger partial charge in [0.1, 0.15) is 12.0 Å². The van der Waals surface area contributed by atoms with E-state index in [1.165, 1.54) is 6.33 Å². The van der Waals surface area contributed by atoms with Crippen LogP contribution in [-0.4, -0.2) is 51.9 Å². The lowest BCUT2D eigenvalue weighted by Gasteiger charge is -2.20. The van der Waals surface area contributed by atoms with Crippen LogP contribution in [0.3, 0.4) is 0 Å². The quantitative estimate of drug-likeness (QED) is 0.258. The smallest absolute Gasteiger partial charge is 0.392 e. The number of aryl methyl sites for hydroxylation is 1. The molecule has 17 heteroatoms. The van der Waals surface area contributed by atoms with Gasteiger partial charge in [-0.3, -0.25) is 4.52 Å². The highest BCUT2D eigenvalue weighted by Gasteiger charge is 2.43. The Morgan fingerprint density at radius 3 is 2.48 bits per heavy atom. The predicted octanol–water partition coefficient (Wildman–Crippen LogP) is 1.56. The summed E-state index contributed by atoms with van der Waals surface area (Å²) in [4.78, 5) is 44.3. The molecule has 2 unspecified atom stereocenters. The monoisotopic (exact) mass is 499 g/mol. The highest BCUT2D eigenvalue weighted by molar-refractivity contribution is 7.66. The molecule has 0 bridgehead atoms. The van der Waals surface area contributed by atoms with E-state index in [1.807, 2.05) is 13.0 Å². The molecule has 1 aliphatic carbocycles. The zero-order valence-electron chi connectivity index (χ0n) is 16.0. The van der Waals surface area contributed by atoms with Crippen molar-refractivity contribution < 1.29 is 51.5 Å². The predicted molar refractivity (Wildman–Crippen MR) is 104 cm³/mol. The molecule has 3 rings (SSSR count). The first-order valence-corrected chi connectivity index (χ1v) is 13.1. The molecule has 14 nitrogen and oxygen atoms in total. The molecule has 31 heavy (non-hydrogen) atoms. The van der Waals surface area contributed by atoms with Crippen LogP contribution >= 0.6 is 23.5 Å². The lowest BCUT2D eigenvalue weighted by molar-refractivity contribution is 0.0933. The molecule has 0 aliphatic heterocycles. The summed E-state index contributed by atoms with van der Waals surface area (Å²) in [7, 11) is -16.4. The van der Waals surface area contributed by atoms with Crippen molar-refractivity contribution in [1.29, 1.82) is 0 Å². The molecule has 2 heterocycles. The van der Waals surface area contributed by atoms with Crippen molar-refractivity contribution in [3.8, 4) is 0 Å². The first-order valence-electron chi connectivity index (χ1n) is 8.62. The Morgan fingerprint density at radius 2 is 1.84 bits per heavy atom. The maximum absolute atomic E-state index is 11.9. The molecule has 2 aromatic heterocycles. The molecule has 0 radical (unpaired) electrons. The van der Waals surface area contributed by atoms with Gasteiger partial charge in [0, 0.05) is 17.5 Å². The number of rotatable bonds is 8. The fraction of sp³-hybridized carbons (Fsp3) is 0.429. The minimum absolute atomic E-state index is 0.191. The van der Waals surface area contributed by atoms with Crippen molar-refractivity contribution in [2.24, 2.45) is 5.92 Å². The van der Waals surface area contributed by atoms with Gasteiger partial charge in [-0.05, 0) is 25.0 Å². The van der Waals surface area contributed by atoms with Crippen LogP contribution in [0.15, 0.2) is 30.7 Å². The van der Waals surface area contributed by atoms with Gasteiger partial charge in [0.05, 0.1) is 24.4 Å². The van der Waals surface area contributed by atoms with Crippen LogP contribution in [0.2, 0.25) is 0 Å². The van der Waals surface area contributed by atoms with Gasteiger partial charge in [0.25, 0.3) is 0 Å². The van der Waals surface area contributed by atoms with Crippen LogP contribution < -0.4 is 0 Å². The Bertz CT molecular complexity index is 1140. The van der Waals surface area contributed by atoms with E-state index in [0.717, 1.165) is 11.1 Å². The highest BCUT2D eigenvalue weighted by Crippen LogP contribution is 2.66. The lowest BCUT2D eigenvalue weighted by Crippen LogP contribution is -2.19. The van der Waals surface area contributed by atoms with E-state index in [2.05, 4.69) is 29.7 Å². The summed E-state index contributed by atoms with van der Waals surface area (Å²) in [5.74, 6) is -0.852. The SMILES string of the molecule is C=C1[C@H](COP(=O)(O)OP(=O)(O)OP(=O)(O)O)[C@@H](O)C[C@@H]1n1ccc2c(C)ncnc21. The molecule has 1 aliphatic rings. The van der Waals surface area contributed by atoms with Crippen molar-refractivity contribution in [3.05, 3.63) is 36.4 Å². The third-order valence-electron chi connectivity index (χ3n) is 4.71. The van der Waals surface area contributed by atoms with Gasteiger partial charge in [-0.1, -0.05) is 6.58 Å².